The van der Waals surface area contributed by atoms with E-state index in [1.54, 1.807) is 6.07 Å². The van der Waals surface area contributed by atoms with Crippen LogP contribution in [0.5, 0.6) is 0 Å². The highest BCUT2D eigenvalue weighted by atomic mass is 32.2. The van der Waals surface area contributed by atoms with Crippen LogP contribution in [0.15, 0.2) is 59.8 Å². The first kappa shape index (κ1) is 20.7. The smallest absolute Gasteiger partial charge is 0.264 e. The molecule has 1 aromatic carbocycles. The van der Waals surface area contributed by atoms with E-state index in [0.717, 1.165) is 4.90 Å². The number of fused-ring (bicyclic) bond motifs is 1. The summed E-state index contributed by atoms with van der Waals surface area (Å²) in [5, 5.41) is 2.58. The molecule has 2 heterocycles. The second kappa shape index (κ2) is 8.26. The molecule has 0 bridgehead atoms. The van der Waals surface area contributed by atoms with Crippen LogP contribution >= 0.6 is 0 Å². The van der Waals surface area contributed by atoms with Crippen molar-refractivity contribution in [3.8, 4) is 0 Å². The van der Waals surface area contributed by atoms with Gasteiger partial charge in [-0.05, 0) is 43.2 Å². The highest BCUT2D eigenvalue weighted by molar-refractivity contribution is 7.92. The minimum Gasteiger partial charge on any atom is -0.325 e. The molecule has 0 spiro atoms. The summed E-state index contributed by atoms with van der Waals surface area (Å²) in [5.74, 6) is -2.04. The van der Waals surface area contributed by atoms with Gasteiger partial charge in [0.2, 0.25) is 23.7 Å². The van der Waals surface area contributed by atoms with Crippen LogP contribution in [0.1, 0.15) is 12.8 Å². The average molecular weight is 441 g/mol. The van der Waals surface area contributed by atoms with E-state index in [9.17, 15) is 22.8 Å². The summed E-state index contributed by atoms with van der Waals surface area (Å²) >= 11 is 0. The molecule has 0 saturated carbocycles. The highest BCUT2D eigenvalue weighted by Gasteiger charge is 2.47. The Morgan fingerprint density at radius 3 is 2.16 bits per heavy atom. The fourth-order valence-corrected chi connectivity index (χ4v) is 4.58. The van der Waals surface area contributed by atoms with Gasteiger partial charge in [0, 0.05) is 18.1 Å². The number of carbonyl (C=O) groups excluding carboxylic acids is 3. The number of anilines is 2. The second-order valence-electron chi connectivity index (χ2n) is 7.17. The molecule has 0 unspecified atom stereocenters. The predicted octanol–water partition coefficient (Wildman–Crippen LogP) is 1.17. The molecule has 160 valence electrons. The molecule has 1 saturated heterocycles. The first-order chi connectivity index (χ1) is 14.8. The van der Waals surface area contributed by atoms with Gasteiger partial charge in [-0.2, -0.15) is 0 Å². The van der Waals surface area contributed by atoms with Crippen LogP contribution in [0.2, 0.25) is 0 Å². The minimum atomic E-state index is -3.90. The molecule has 1 aliphatic heterocycles. The van der Waals surface area contributed by atoms with Crippen molar-refractivity contribution in [2.24, 2.45) is 11.8 Å². The van der Waals surface area contributed by atoms with Crippen molar-refractivity contribution >= 4 is 39.4 Å². The van der Waals surface area contributed by atoms with Gasteiger partial charge < -0.3 is 5.32 Å². The number of hydrogen-bond donors (Lipinski definition) is 2. The van der Waals surface area contributed by atoms with Gasteiger partial charge in [-0.15, -0.1) is 0 Å². The normalized spacial score (nSPS) is 20.5. The Kier molecular flexibility index (Phi) is 5.51. The standard InChI is InChI=1S/C20H19N5O5S/c26-17(12-25-18(27)15-4-1-2-5-16(15)19(25)28)23-13-6-8-14(9-7-13)31(29,30)24-20-21-10-3-11-22-20/h1-3,6-11,15-16H,4-5,12H2,(H,23,26)(H,21,22,24)/t15-,16-/m1/s1. The van der Waals surface area contributed by atoms with Crippen molar-refractivity contribution < 1.29 is 22.8 Å². The molecule has 2 N–H and O–H groups in total. The lowest BCUT2D eigenvalue weighted by molar-refractivity contribution is -0.142. The molecule has 1 aromatic heterocycles. The van der Waals surface area contributed by atoms with Crippen LogP contribution in [-0.4, -0.2) is 47.6 Å². The first-order valence-corrected chi connectivity index (χ1v) is 11.0. The molecule has 1 fully saturated rings. The molecule has 3 amide bonds. The van der Waals surface area contributed by atoms with Gasteiger partial charge in [0.15, 0.2) is 0 Å². The number of sulfonamides is 1. The van der Waals surface area contributed by atoms with Gasteiger partial charge in [-0.3, -0.25) is 19.3 Å². The lowest BCUT2D eigenvalue weighted by Crippen LogP contribution is -2.38. The molecule has 11 heteroatoms. The second-order valence-corrected chi connectivity index (χ2v) is 8.85. The third-order valence-corrected chi connectivity index (χ3v) is 6.48. The molecule has 2 atom stereocenters. The fraction of sp³-hybridized carbons (Fsp3) is 0.250. The minimum absolute atomic E-state index is 0.0422. The largest absolute Gasteiger partial charge is 0.325 e. The average Bonchev–Trinajstić information content (AvgIpc) is 3.00. The zero-order chi connectivity index (χ0) is 22.0. The van der Waals surface area contributed by atoms with E-state index in [0.29, 0.717) is 18.5 Å². The van der Waals surface area contributed by atoms with E-state index in [1.165, 1.54) is 36.7 Å². The Balaban J connectivity index is 1.38. The number of benzene rings is 1. The number of aromatic nitrogens is 2. The molecule has 0 radical (unpaired) electrons. The number of likely N-dealkylation sites (tertiary alicyclic amines) is 1. The Morgan fingerprint density at radius 1 is 1.00 bits per heavy atom. The zero-order valence-electron chi connectivity index (χ0n) is 16.3. The third-order valence-electron chi connectivity index (χ3n) is 5.14. The Bertz CT molecular complexity index is 1120. The molecule has 10 nitrogen and oxygen atoms in total. The molecule has 4 rings (SSSR count). The van der Waals surface area contributed by atoms with Crippen molar-refractivity contribution in [1.29, 1.82) is 0 Å². The summed E-state index contributed by atoms with van der Waals surface area (Å²) in [7, 11) is -3.90. The van der Waals surface area contributed by atoms with Crippen LogP contribution in [0.25, 0.3) is 0 Å². The van der Waals surface area contributed by atoms with Crippen molar-refractivity contribution in [2.75, 3.05) is 16.6 Å². The Hall–Kier alpha value is -3.60. The maximum Gasteiger partial charge on any atom is 0.264 e. The van der Waals surface area contributed by atoms with E-state index < -0.39 is 27.8 Å². The van der Waals surface area contributed by atoms with Crippen LogP contribution in [-0.2, 0) is 24.4 Å². The number of allylic oxidation sites excluding steroid dienone is 2. The number of nitrogens with one attached hydrogen (secondary N) is 2. The maximum absolute atomic E-state index is 12.5. The number of carbonyl (C=O) groups is 3. The van der Waals surface area contributed by atoms with Crippen LogP contribution in [0, 0.1) is 11.8 Å². The van der Waals surface area contributed by atoms with Crippen LogP contribution in [0.3, 0.4) is 0 Å². The topological polar surface area (TPSA) is 138 Å². The summed E-state index contributed by atoms with van der Waals surface area (Å²) in [6.07, 6.45) is 7.58. The molecular weight excluding hydrogens is 422 g/mol. The Labute approximate surface area is 178 Å². The number of amides is 3. The lowest BCUT2D eigenvalue weighted by Gasteiger charge is -2.14. The number of hydrogen-bond acceptors (Lipinski definition) is 7. The van der Waals surface area contributed by atoms with Gasteiger partial charge in [0.1, 0.15) is 6.54 Å². The van der Waals surface area contributed by atoms with Gasteiger partial charge in [-0.25, -0.2) is 23.1 Å². The molecule has 2 aliphatic rings. The van der Waals surface area contributed by atoms with Crippen molar-refractivity contribution in [1.82, 2.24) is 14.9 Å². The van der Waals surface area contributed by atoms with E-state index in [4.69, 9.17) is 0 Å². The van der Waals surface area contributed by atoms with E-state index >= 15 is 0 Å². The third kappa shape index (κ3) is 4.31. The summed E-state index contributed by atoms with van der Waals surface area (Å²) < 4.78 is 27.0. The molecule has 31 heavy (non-hydrogen) atoms. The summed E-state index contributed by atoms with van der Waals surface area (Å²) in [5.41, 5.74) is 0.332. The van der Waals surface area contributed by atoms with Crippen molar-refractivity contribution in [2.45, 2.75) is 17.7 Å². The zero-order valence-corrected chi connectivity index (χ0v) is 17.1. The van der Waals surface area contributed by atoms with Crippen LogP contribution < -0.4 is 10.0 Å². The lowest BCUT2D eigenvalue weighted by atomic mass is 9.85. The number of imide groups is 1. The van der Waals surface area contributed by atoms with Gasteiger partial charge in [-0.1, -0.05) is 12.2 Å². The Morgan fingerprint density at radius 2 is 1.58 bits per heavy atom. The van der Waals surface area contributed by atoms with Crippen LogP contribution in [0.4, 0.5) is 11.6 Å². The van der Waals surface area contributed by atoms with Crippen molar-refractivity contribution in [3.63, 3.8) is 0 Å². The van der Waals surface area contributed by atoms with Gasteiger partial charge >= 0.3 is 0 Å². The summed E-state index contributed by atoms with van der Waals surface area (Å²) in [6, 6.07) is 7.01. The van der Waals surface area contributed by atoms with E-state index in [2.05, 4.69) is 20.0 Å². The quantitative estimate of drug-likeness (QED) is 0.507. The number of rotatable bonds is 6. The SMILES string of the molecule is O=C(CN1C(=O)[C@@H]2CC=CC[C@H]2C1=O)Nc1ccc(S(=O)(=O)Nc2ncccn2)cc1. The summed E-state index contributed by atoms with van der Waals surface area (Å²) in [4.78, 5) is 45.9. The highest BCUT2D eigenvalue weighted by Crippen LogP contribution is 2.34. The predicted molar refractivity (Wildman–Crippen MR) is 110 cm³/mol. The molecule has 1 aliphatic carbocycles. The summed E-state index contributed by atoms with van der Waals surface area (Å²) in [6.45, 7) is -0.377. The van der Waals surface area contributed by atoms with Gasteiger partial charge in [0.25, 0.3) is 10.0 Å². The fourth-order valence-electron chi connectivity index (χ4n) is 3.62. The van der Waals surface area contributed by atoms with Gasteiger partial charge in [0.05, 0.1) is 16.7 Å². The first-order valence-electron chi connectivity index (χ1n) is 9.55. The van der Waals surface area contributed by atoms with E-state index in [-0.39, 0.29) is 29.2 Å². The molecule has 2 aromatic rings. The number of nitrogens with zero attached hydrogens (tertiary/aromatic N) is 3. The van der Waals surface area contributed by atoms with E-state index in [1.807, 2.05) is 12.2 Å². The monoisotopic (exact) mass is 441 g/mol. The van der Waals surface area contributed by atoms with Crippen molar-refractivity contribution in [3.05, 3.63) is 54.9 Å². The molecular formula is C20H19N5O5S. The maximum atomic E-state index is 12.5.